The van der Waals surface area contributed by atoms with E-state index in [0.29, 0.717) is 46.2 Å². The molecule has 0 aromatic heterocycles. The number of amides is 5. The molecule has 0 saturated carbocycles. The van der Waals surface area contributed by atoms with Gasteiger partial charge in [0.15, 0.2) is 6.29 Å². The topological polar surface area (TPSA) is 293 Å². The highest BCUT2D eigenvalue weighted by Crippen LogP contribution is 2.36. The van der Waals surface area contributed by atoms with Crippen molar-refractivity contribution < 1.29 is 33.9 Å². The molecule has 0 saturated heterocycles. The number of hydrogen-bond donors (Lipinski definition) is 10. The van der Waals surface area contributed by atoms with Crippen LogP contribution in [0.1, 0.15) is 88.7 Å². The molecule has 0 radical (unpaired) electrons. The van der Waals surface area contributed by atoms with Crippen molar-refractivity contribution >= 4 is 47.2 Å². The molecule has 2 aromatic rings. The highest BCUT2D eigenvalue weighted by molar-refractivity contribution is 6.08. The van der Waals surface area contributed by atoms with E-state index in [2.05, 4.69) is 26.6 Å². The minimum absolute atomic E-state index is 0.0527. The molecule has 0 aliphatic rings. The van der Waals surface area contributed by atoms with Gasteiger partial charge in [-0.05, 0) is 89.0 Å². The summed E-state index contributed by atoms with van der Waals surface area (Å²) in [7, 11) is 3.56. The van der Waals surface area contributed by atoms with Gasteiger partial charge < -0.3 is 64.4 Å². The van der Waals surface area contributed by atoms with Crippen LogP contribution in [-0.4, -0.2) is 132 Å². The lowest BCUT2D eigenvalue weighted by molar-refractivity contribution is -0.117. The fourth-order valence-electron chi connectivity index (χ4n) is 7.29. The molecule has 4 unspecified atom stereocenters. The molecule has 0 fully saturated rings. The number of aldehydes is 1. The Morgan fingerprint density at radius 3 is 1.34 bits per heavy atom. The number of benzene rings is 2. The molecule has 5 amide bonds. The van der Waals surface area contributed by atoms with Crippen LogP contribution in [-0.2, 0) is 9.59 Å². The van der Waals surface area contributed by atoms with Crippen LogP contribution >= 0.6 is 0 Å². The number of nitrogens with zero attached hydrogens (tertiary/aromatic N) is 2. The zero-order chi connectivity index (χ0) is 44.2. The van der Waals surface area contributed by atoms with Gasteiger partial charge in [-0.25, -0.2) is 0 Å². The fraction of sp³-hybridized carbons (Fsp3) is 0.550. The van der Waals surface area contributed by atoms with E-state index in [1.54, 1.807) is 55.6 Å². The Hall–Kier alpha value is -4.82. The number of anilines is 2. The van der Waals surface area contributed by atoms with Gasteiger partial charge in [0.1, 0.15) is 0 Å². The van der Waals surface area contributed by atoms with Crippen molar-refractivity contribution in [3.63, 3.8) is 0 Å². The number of hydrogen-bond acceptors (Lipinski definition) is 13. The number of nitrogens with two attached hydrogens (primary N) is 4. The maximum atomic E-state index is 14.0. The van der Waals surface area contributed by atoms with Crippen molar-refractivity contribution in [3.8, 4) is 0 Å². The lowest BCUT2D eigenvalue weighted by atomic mass is 9.89. The van der Waals surface area contributed by atoms with Crippen LogP contribution in [0.15, 0.2) is 0 Å². The first-order valence-corrected chi connectivity index (χ1v) is 19.3. The van der Waals surface area contributed by atoms with Crippen LogP contribution in [0.2, 0.25) is 0 Å². The predicted octanol–water partition coefficient (Wildman–Crippen LogP) is -1.31. The van der Waals surface area contributed by atoms with E-state index in [1.807, 2.05) is 0 Å². The standard InChI is InChI=1S/C40H65N11O7/c1-20-32(19-52)21(2)36(23(4)33(20)38(56)47-13-28(43)11-41)50(26(7)53)17-31(55)18-51(27(8)54)37-24(5)34(39(57)48-14-29(44)12-42)22(3)35(25(37)6)40(58)49-16-30(46-10)15-45-9/h19,28-31,45-46,55H,11-18,41-44H2,1-10H3,(H,47,56)(H,48,57)(H,49,58). The molecule has 18 nitrogen and oxygen atoms in total. The van der Waals surface area contributed by atoms with Gasteiger partial charge in [-0.3, -0.25) is 28.8 Å². The normalized spacial score (nSPS) is 13.2. The Labute approximate surface area is 341 Å². The zero-order valence-corrected chi connectivity index (χ0v) is 35.6. The zero-order valence-electron chi connectivity index (χ0n) is 35.6. The molecule has 0 spiro atoms. The summed E-state index contributed by atoms with van der Waals surface area (Å²) in [4.78, 5) is 83.2. The molecule has 58 heavy (non-hydrogen) atoms. The number of aliphatic hydroxyl groups is 1. The van der Waals surface area contributed by atoms with E-state index in [1.165, 1.54) is 23.6 Å². The first-order valence-electron chi connectivity index (χ1n) is 19.3. The molecule has 322 valence electrons. The Bertz CT molecular complexity index is 1850. The molecule has 0 aliphatic carbocycles. The predicted molar refractivity (Wildman–Crippen MR) is 227 cm³/mol. The average molecular weight is 812 g/mol. The highest BCUT2D eigenvalue weighted by atomic mass is 16.3. The maximum Gasteiger partial charge on any atom is 0.251 e. The summed E-state index contributed by atoms with van der Waals surface area (Å²) >= 11 is 0. The quantitative estimate of drug-likeness (QED) is 0.0656. The van der Waals surface area contributed by atoms with E-state index >= 15 is 0 Å². The van der Waals surface area contributed by atoms with Crippen molar-refractivity contribution in [3.05, 3.63) is 55.6 Å². The maximum absolute atomic E-state index is 14.0. The SMILES string of the molecule is CNCC(CNC(=O)c1c(C)c(C(=O)NCC(N)CN)c(C)c(N(CC(O)CN(C(C)=O)c2c(C)c(C=O)c(C)c(C(=O)NCC(N)CN)c2C)C(C)=O)c1C)NC. The molecule has 14 N–H and O–H groups in total. The van der Waals surface area contributed by atoms with Gasteiger partial charge >= 0.3 is 0 Å². The second-order valence-electron chi connectivity index (χ2n) is 14.7. The fourth-order valence-corrected chi connectivity index (χ4v) is 7.29. The minimum atomic E-state index is -1.41. The van der Waals surface area contributed by atoms with Crippen molar-refractivity contribution in [2.24, 2.45) is 22.9 Å². The monoisotopic (exact) mass is 812 g/mol. The second-order valence-corrected chi connectivity index (χ2v) is 14.7. The Morgan fingerprint density at radius 2 is 1.00 bits per heavy atom. The summed E-state index contributed by atoms with van der Waals surface area (Å²) in [6, 6.07) is -1.15. The molecular formula is C40H65N11O7. The van der Waals surface area contributed by atoms with Gasteiger partial charge in [-0.15, -0.1) is 0 Å². The summed E-state index contributed by atoms with van der Waals surface area (Å²) in [6.07, 6.45) is -0.807. The average Bonchev–Trinajstić information content (AvgIpc) is 3.16. The van der Waals surface area contributed by atoms with Crippen molar-refractivity contribution in [1.82, 2.24) is 26.6 Å². The largest absolute Gasteiger partial charge is 0.389 e. The second kappa shape index (κ2) is 22.4. The molecular weight excluding hydrogens is 747 g/mol. The molecule has 2 aromatic carbocycles. The summed E-state index contributed by atoms with van der Waals surface area (Å²) in [5, 5.41) is 26.4. The van der Waals surface area contributed by atoms with Crippen LogP contribution in [0.25, 0.3) is 0 Å². The Balaban J connectivity index is 2.76. The van der Waals surface area contributed by atoms with Crippen molar-refractivity contribution in [2.75, 3.05) is 76.3 Å². The van der Waals surface area contributed by atoms with Crippen molar-refractivity contribution in [2.45, 2.75) is 79.6 Å². The van der Waals surface area contributed by atoms with Gasteiger partial charge in [-0.1, -0.05) is 0 Å². The third-order valence-electron chi connectivity index (χ3n) is 10.4. The number of carbonyl (C=O) groups excluding carboxylic acids is 6. The smallest absolute Gasteiger partial charge is 0.251 e. The number of carbonyl (C=O) groups is 6. The van der Waals surface area contributed by atoms with E-state index < -0.39 is 47.7 Å². The van der Waals surface area contributed by atoms with E-state index in [-0.39, 0.29) is 85.5 Å². The molecule has 4 atom stereocenters. The summed E-state index contributed by atoms with van der Waals surface area (Å²) in [5.41, 5.74) is 26.7. The summed E-state index contributed by atoms with van der Waals surface area (Å²) in [5.74, 6) is -2.56. The third kappa shape index (κ3) is 11.6. The van der Waals surface area contributed by atoms with Crippen LogP contribution in [0.5, 0.6) is 0 Å². The highest BCUT2D eigenvalue weighted by Gasteiger charge is 2.32. The van der Waals surface area contributed by atoms with E-state index in [9.17, 15) is 33.9 Å². The number of nitrogens with one attached hydrogen (secondary N) is 5. The van der Waals surface area contributed by atoms with Gasteiger partial charge in [0, 0.05) is 93.5 Å². The number of likely N-dealkylation sites (N-methyl/N-ethyl adjacent to an activating group) is 2. The number of rotatable bonds is 21. The minimum Gasteiger partial charge on any atom is -0.389 e. The summed E-state index contributed by atoms with van der Waals surface area (Å²) in [6.45, 7) is 12.9. The van der Waals surface area contributed by atoms with Crippen LogP contribution < -0.4 is 59.3 Å². The lowest BCUT2D eigenvalue weighted by Gasteiger charge is -2.33. The van der Waals surface area contributed by atoms with E-state index in [4.69, 9.17) is 22.9 Å². The van der Waals surface area contributed by atoms with Crippen molar-refractivity contribution in [1.29, 1.82) is 0 Å². The van der Waals surface area contributed by atoms with Gasteiger partial charge in [-0.2, -0.15) is 0 Å². The Kier molecular flexibility index (Phi) is 19.0. The molecule has 18 heteroatoms. The van der Waals surface area contributed by atoms with Gasteiger partial charge in [0.2, 0.25) is 11.8 Å². The van der Waals surface area contributed by atoms with E-state index in [0.717, 1.165) is 0 Å². The van der Waals surface area contributed by atoms with Gasteiger partial charge in [0.05, 0.1) is 30.6 Å². The summed E-state index contributed by atoms with van der Waals surface area (Å²) < 4.78 is 0. The van der Waals surface area contributed by atoms with Crippen LogP contribution in [0.4, 0.5) is 11.4 Å². The third-order valence-corrected chi connectivity index (χ3v) is 10.4. The molecule has 0 heterocycles. The molecule has 2 rings (SSSR count). The Morgan fingerprint density at radius 1 is 0.621 bits per heavy atom. The first kappa shape index (κ1) is 49.3. The first-order chi connectivity index (χ1) is 27.2. The number of aliphatic hydroxyl groups excluding tert-OH is 1. The van der Waals surface area contributed by atoms with Crippen LogP contribution in [0, 0.1) is 41.5 Å². The molecule has 0 bridgehead atoms. The lowest BCUT2D eigenvalue weighted by Crippen LogP contribution is -2.46. The molecule has 0 aliphatic heterocycles. The van der Waals surface area contributed by atoms with Crippen LogP contribution in [0.3, 0.4) is 0 Å². The van der Waals surface area contributed by atoms with Gasteiger partial charge in [0.25, 0.3) is 17.7 Å².